The van der Waals surface area contributed by atoms with Crippen molar-refractivity contribution < 1.29 is 9.90 Å². The molecule has 0 atom stereocenters. The van der Waals surface area contributed by atoms with Gasteiger partial charge in [0.15, 0.2) is 0 Å². The van der Waals surface area contributed by atoms with Crippen molar-refractivity contribution in [2.75, 3.05) is 19.6 Å². The van der Waals surface area contributed by atoms with Gasteiger partial charge >= 0.3 is 6.03 Å². The molecule has 0 heterocycles. The van der Waals surface area contributed by atoms with Gasteiger partial charge in [0.25, 0.3) is 0 Å². The van der Waals surface area contributed by atoms with Crippen LogP contribution in [0.25, 0.3) is 0 Å². The number of nitrogens with zero attached hydrogens (tertiary/aromatic N) is 1. The number of urea groups is 1. The lowest BCUT2D eigenvalue weighted by Crippen LogP contribution is -2.48. The smallest absolute Gasteiger partial charge is 0.317 e. The molecule has 1 fully saturated rings. The van der Waals surface area contributed by atoms with E-state index >= 15 is 0 Å². The second-order valence-electron chi connectivity index (χ2n) is 6.77. The van der Waals surface area contributed by atoms with Crippen LogP contribution in [0.4, 0.5) is 4.79 Å². The lowest BCUT2D eigenvalue weighted by atomic mass is 9.96. The normalized spacial score (nSPS) is 16.2. The average Bonchev–Trinajstić information content (AvgIpc) is 3.23. The highest BCUT2D eigenvalue weighted by molar-refractivity contribution is 6.30. The second kappa shape index (κ2) is 6.47. The summed E-state index contributed by atoms with van der Waals surface area (Å²) in [6.45, 7) is 6.85. The summed E-state index contributed by atoms with van der Waals surface area (Å²) in [4.78, 5) is 13.9. The molecule has 0 radical (unpaired) electrons. The topological polar surface area (TPSA) is 52.6 Å². The molecule has 0 aromatic heterocycles. The fraction of sp³-hybridized carbons (Fsp3) is 0.588. The average molecular weight is 325 g/mol. The van der Waals surface area contributed by atoms with E-state index in [0.29, 0.717) is 19.6 Å². The quantitative estimate of drug-likeness (QED) is 0.844. The van der Waals surface area contributed by atoms with E-state index in [1.807, 2.05) is 31.2 Å². The molecule has 0 bridgehead atoms. The van der Waals surface area contributed by atoms with Crippen LogP contribution in [-0.2, 0) is 5.41 Å². The van der Waals surface area contributed by atoms with Gasteiger partial charge in [0, 0.05) is 23.5 Å². The molecule has 2 rings (SSSR count). The van der Waals surface area contributed by atoms with Crippen molar-refractivity contribution in [2.45, 2.75) is 44.6 Å². The van der Waals surface area contributed by atoms with Gasteiger partial charge < -0.3 is 15.3 Å². The van der Waals surface area contributed by atoms with E-state index < -0.39 is 5.60 Å². The largest absolute Gasteiger partial charge is 0.389 e. The van der Waals surface area contributed by atoms with Gasteiger partial charge in [-0.1, -0.05) is 23.7 Å². The maximum Gasteiger partial charge on any atom is 0.317 e. The number of carbonyl (C=O) groups is 1. The number of likely N-dealkylation sites (N-methyl/N-ethyl adjacent to an activating group) is 1. The van der Waals surface area contributed by atoms with E-state index in [1.165, 1.54) is 5.56 Å². The molecule has 2 amide bonds. The summed E-state index contributed by atoms with van der Waals surface area (Å²) in [5.41, 5.74) is 0.387. The SMILES string of the molecule is CCN(CC(C)(C)O)C(=O)NCC1(c2ccc(Cl)cc2)CC1. The lowest BCUT2D eigenvalue weighted by Gasteiger charge is -2.29. The van der Waals surface area contributed by atoms with Crippen LogP contribution in [0.5, 0.6) is 0 Å². The van der Waals surface area contributed by atoms with Crippen molar-refractivity contribution in [3.05, 3.63) is 34.9 Å². The van der Waals surface area contributed by atoms with Gasteiger partial charge in [-0.15, -0.1) is 0 Å². The predicted octanol–water partition coefficient (Wildman–Crippen LogP) is 3.17. The molecule has 0 aliphatic heterocycles. The number of rotatable bonds is 6. The van der Waals surface area contributed by atoms with E-state index in [2.05, 4.69) is 5.32 Å². The fourth-order valence-electron chi connectivity index (χ4n) is 2.67. The highest BCUT2D eigenvalue weighted by Crippen LogP contribution is 2.47. The van der Waals surface area contributed by atoms with E-state index in [0.717, 1.165) is 17.9 Å². The molecule has 4 nitrogen and oxygen atoms in total. The molecule has 0 spiro atoms. The Morgan fingerprint density at radius 2 is 1.95 bits per heavy atom. The third-order valence-corrected chi connectivity index (χ3v) is 4.39. The van der Waals surface area contributed by atoms with Gasteiger partial charge in [0.1, 0.15) is 0 Å². The zero-order valence-corrected chi connectivity index (χ0v) is 14.3. The Kier molecular flexibility index (Phi) is 5.03. The molecule has 1 aromatic rings. The Morgan fingerprint density at radius 3 is 2.41 bits per heavy atom. The summed E-state index contributed by atoms with van der Waals surface area (Å²) >= 11 is 5.93. The Balaban J connectivity index is 1.94. The third-order valence-electron chi connectivity index (χ3n) is 4.13. The van der Waals surface area contributed by atoms with E-state index in [1.54, 1.807) is 18.7 Å². The molecule has 1 aliphatic rings. The monoisotopic (exact) mass is 324 g/mol. The van der Waals surface area contributed by atoms with Gasteiger partial charge in [-0.3, -0.25) is 0 Å². The van der Waals surface area contributed by atoms with Crippen LogP contribution in [0.1, 0.15) is 39.2 Å². The highest BCUT2D eigenvalue weighted by atomic mass is 35.5. The molecule has 5 heteroatoms. The zero-order valence-electron chi connectivity index (χ0n) is 13.5. The van der Waals surface area contributed by atoms with Crippen LogP contribution >= 0.6 is 11.6 Å². The minimum absolute atomic E-state index is 0.0500. The van der Waals surface area contributed by atoms with Crippen molar-refractivity contribution in [3.63, 3.8) is 0 Å². The van der Waals surface area contributed by atoms with Gasteiger partial charge in [0.05, 0.1) is 12.1 Å². The van der Waals surface area contributed by atoms with Crippen LogP contribution in [0, 0.1) is 0 Å². The maximum atomic E-state index is 12.3. The molecule has 0 saturated heterocycles. The Bertz CT molecular complexity index is 518. The van der Waals surface area contributed by atoms with E-state index in [-0.39, 0.29) is 11.4 Å². The maximum absolute atomic E-state index is 12.3. The van der Waals surface area contributed by atoms with Gasteiger partial charge in [-0.05, 0) is 51.3 Å². The standard InChI is InChI=1S/C17H25ClN2O2/c1-4-20(12-16(2,3)22)15(21)19-11-17(9-10-17)13-5-7-14(18)8-6-13/h5-8,22H,4,9-12H2,1-3H3,(H,19,21). The number of hydrogen-bond acceptors (Lipinski definition) is 2. The highest BCUT2D eigenvalue weighted by Gasteiger charge is 2.44. The number of benzene rings is 1. The molecule has 22 heavy (non-hydrogen) atoms. The fourth-order valence-corrected chi connectivity index (χ4v) is 2.80. The van der Waals surface area contributed by atoms with Crippen LogP contribution in [0.15, 0.2) is 24.3 Å². The number of amides is 2. The number of halogens is 1. The first kappa shape index (κ1) is 17.1. The van der Waals surface area contributed by atoms with Crippen LogP contribution in [0.2, 0.25) is 5.02 Å². The number of carbonyl (C=O) groups excluding carboxylic acids is 1. The van der Waals surface area contributed by atoms with Gasteiger partial charge in [0.2, 0.25) is 0 Å². The summed E-state index contributed by atoms with van der Waals surface area (Å²) in [5, 5.41) is 13.6. The van der Waals surface area contributed by atoms with Crippen molar-refractivity contribution in [2.24, 2.45) is 0 Å². The van der Waals surface area contributed by atoms with Crippen LogP contribution < -0.4 is 5.32 Å². The zero-order chi connectivity index (χ0) is 16.4. The molecular formula is C17H25ClN2O2. The Labute approximate surface area is 137 Å². The molecule has 122 valence electrons. The second-order valence-corrected chi connectivity index (χ2v) is 7.21. The third kappa shape index (κ3) is 4.37. The predicted molar refractivity (Wildman–Crippen MR) is 89.3 cm³/mol. The lowest BCUT2D eigenvalue weighted by molar-refractivity contribution is 0.0479. The number of nitrogens with one attached hydrogen (secondary N) is 1. The number of aliphatic hydroxyl groups is 1. The summed E-state index contributed by atoms with van der Waals surface area (Å²) in [6, 6.07) is 7.74. The molecular weight excluding hydrogens is 300 g/mol. The van der Waals surface area contributed by atoms with Gasteiger partial charge in [-0.25, -0.2) is 4.79 Å². The molecule has 1 aliphatic carbocycles. The molecule has 1 aromatic carbocycles. The first-order chi connectivity index (χ1) is 10.3. The molecule has 0 unspecified atom stereocenters. The minimum atomic E-state index is -0.888. The molecule has 1 saturated carbocycles. The van der Waals surface area contributed by atoms with E-state index in [9.17, 15) is 9.90 Å². The summed E-state index contributed by atoms with van der Waals surface area (Å²) in [6.07, 6.45) is 2.15. The Hall–Kier alpha value is -1.26. The van der Waals surface area contributed by atoms with Crippen molar-refractivity contribution >= 4 is 17.6 Å². The number of hydrogen-bond donors (Lipinski definition) is 2. The van der Waals surface area contributed by atoms with Crippen molar-refractivity contribution in [1.29, 1.82) is 0 Å². The molecule has 2 N–H and O–H groups in total. The van der Waals surface area contributed by atoms with Gasteiger partial charge in [-0.2, -0.15) is 0 Å². The minimum Gasteiger partial charge on any atom is -0.389 e. The van der Waals surface area contributed by atoms with Crippen LogP contribution in [0.3, 0.4) is 0 Å². The summed E-state index contributed by atoms with van der Waals surface area (Å²) in [7, 11) is 0. The van der Waals surface area contributed by atoms with Crippen molar-refractivity contribution in [3.8, 4) is 0 Å². The van der Waals surface area contributed by atoms with E-state index in [4.69, 9.17) is 11.6 Å². The summed E-state index contributed by atoms with van der Waals surface area (Å²) in [5.74, 6) is 0. The van der Waals surface area contributed by atoms with Crippen molar-refractivity contribution in [1.82, 2.24) is 10.2 Å². The Morgan fingerprint density at radius 1 is 1.36 bits per heavy atom. The first-order valence-electron chi connectivity index (χ1n) is 7.77. The first-order valence-corrected chi connectivity index (χ1v) is 8.15. The van der Waals surface area contributed by atoms with Crippen LogP contribution in [-0.4, -0.2) is 41.3 Å². The summed E-state index contributed by atoms with van der Waals surface area (Å²) < 4.78 is 0.